The van der Waals surface area contributed by atoms with E-state index in [4.69, 9.17) is 4.52 Å². The molecule has 0 aliphatic carbocycles. The molecule has 5 nitrogen and oxygen atoms in total. The van der Waals surface area contributed by atoms with E-state index in [1.165, 1.54) is 24.1 Å². The Hall–Kier alpha value is -1.62. The van der Waals surface area contributed by atoms with Crippen LogP contribution in [0.3, 0.4) is 0 Å². The topological polar surface area (TPSA) is 47.1 Å². The summed E-state index contributed by atoms with van der Waals surface area (Å²) in [6, 6.07) is 2.14. The van der Waals surface area contributed by atoms with Crippen molar-refractivity contribution in [3.63, 3.8) is 0 Å². The van der Waals surface area contributed by atoms with Crippen molar-refractivity contribution in [2.45, 2.75) is 39.2 Å². The van der Waals surface area contributed by atoms with Crippen LogP contribution in [-0.4, -0.2) is 32.9 Å². The van der Waals surface area contributed by atoms with E-state index in [9.17, 15) is 0 Å². The van der Waals surface area contributed by atoms with Gasteiger partial charge in [0.2, 0.25) is 0 Å². The molecule has 0 unspecified atom stereocenters. The molecule has 0 aromatic carbocycles. The molecule has 1 aliphatic heterocycles. The average molecular weight is 274 g/mol. The molecule has 108 valence electrons. The molecule has 3 heterocycles. The first-order valence-electron chi connectivity index (χ1n) is 7.27. The lowest BCUT2D eigenvalue weighted by atomic mass is 9.94. The lowest BCUT2D eigenvalue weighted by molar-refractivity contribution is 0.197. The van der Waals surface area contributed by atoms with Crippen LogP contribution in [0.4, 0.5) is 0 Å². The third-order valence-corrected chi connectivity index (χ3v) is 4.22. The summed E-state index contributed by atoms with van der Waals surface area (Å²) in [7, 11) is 1.98. The molecule has 1 atom stereocenters. The monoisotopic (exact) mass is 274 g/mol. The molecular formula is C15H22N4O. The summed E-state index contributed by atoms with van der Waals surface area (Å²) in [6.07, 6.45) is 4.49. The maximum absolute atomic E-state index is 5.26. The minimum atomic E-state index is 0.547. The van der Waals surface area contributed by atoms with Crippen LogP contribution < -0.4 is 0 Å². The number of aryl methyl sites for hydroxylation is 3. The Balaban J connectivity index is 1.69. The Morgan fingerprint density at radius 2 is 2.25 bits per heavy atom. The number of rotatable bonds is 3. The van der Waals surface area contributed by atoms with Crippen LogP contribution >= 0.6 is 0 Å². The van der Waals surface area contributed by atoms with E-state index in [1.807, 2.05) is 31.8 Å². The SMILES string of the molecule is Cc1noc(C)c1CN1CCC[C@@H](c2ccn(C)n2)C1. The molecule has 2 aromatic heterocycles. The first kappa shape index (κ1) is 13.4. The minimum absolute atomic E-state index is 0.547. The molecular weight excluding hydrogens is 252 g/mol. The first-order valence-corrected chi connectivity index (χ1v) is 7.27. The molecule has 0 bridgehead atoms. The van der Waals surface area contributed by atoms with Crippen LogP contribution in [0.5, 0.6) is 0 Å². The molecule has 0 spiro atoms. The highest BCUT2D eigenvalue weighted by Crippen LogP contribution is 2.27. The molecule has 20 heavy (non-hydrogen) atoms. The number of likely N-dealkylation sites (tertiary alicyclic amines) is 1. The zero-order chi connectivity index (χ0) is 14.1. The van der Waals surface area contributed by atoms with Crippen molar-refractivity contribution in [2.75, 3.05) is 13.1 Å². The van der Waals surface area contributed by atoms with Gasteiger partial charge >= 0.3 is 0 Å². The van der Waals surface area contributed by atoms with Crippen molar-refractivity contribution >= 4 is 0 Å². The van der Waals surface area contributed by atoms with Crippen molar-refractivity contribution in [3.8, 4) is 0 Å². The quantitative estimate of drug-likeness (QED) is 0.862. The van der Waals surface area contributed by atoms with E-state index in [0.29, 0.717) is 5.92 Å². The lowest BCUT2D eigenvalue weighted by Gasteiger charge is -2.31. The molecule has 1 fully saturated rings. The summed E-state index contributed by atoms with van der Waals surface area (Å²) in [4.78, 5) is 2.50. The van der Waals surface area contributed by atoms with E-state index < -0.39 is 0 Å². The maximum atomic E-state index is 5.26. The Bertz CT molecular complexity index is 567. The maximum Gasteiger partial charge on any atom is 0.138 e. The number of hydrogen-bond acceptors (Lipinski definition) is 4. The fourth-order valence-corrected chi connectivity index (χ4v) is 3.04. The third kappa shape index (κ3) is 2.63. The fourth-order valence-electron chi connectivity index (χ4n) is 3.04. The summed E-state index contributed by atoms with van der Waals surface area (Å²) < 4.78 is 7.15. The van der Waals surface area contributed by atoms with Crippen molar-refractivity contribution in [1.82, 2.24) is 19.8 Å². The van der Waals surface area contributed by atoms with Crippen LogP contribution in [-0.2, 0) is 13.6 Å². The van der Waals surface area contributed by atoms with Crippen LogP contribution in [0, 0.1) is 13.8 Å². The summed E-state index contributed by atoms with van der Waals surface area (Å²) >= 11 is 0. The van der Waals surface area contributed by atoms with Gasteiger partial charge in [-0.2, -0.15) is 5.10 Å². The van der Waals surface area contributed by atoms with Gasteiger partial charge in [-0.3, -0.25) is 9.58 Å². The molecule has 0 radical (unpaired) electrons. The first-order chi connectivity index (χ1) is 9.63. The van der Waals surface area contributed by atoms with Crippen LogP contribution in [0.1, 0.15) is 41.5 Å². The van der Waals surface area contributed by atoms with Crippen molar-refractivity contribution in [1.29, 1.82) is 0 Å². The normalized spacial score (nSPS) is 20.4. The molecule has 1 aliphatic rings. The Kier molecular flexibility index (Phi) is 3.61. The van der Waals surface area contributed by atoms with Crippen LogP contribution in [0.15, 0.2) is 16.8 Å². The summed E-state index contributed by atoms with van der Waals surface area (Å²) in [5.41, 5.74) is 3.48. The van der Waals surface area contributed by atoms with Crippen LogP contribution in [0.25, 0.3) is 0 Å². The molecule has 5 heteroatoms. The molecule has 0 saturated carbocycles. The van der Waals surface area contributed by atoms with Crippen molar-refractivity contribution in [3.05, 3.63) is 35.0 Å². The van der Waals surface area contributed by atoms with E-state index in [2.05, 4.69) is 21.2 Å². The molecule has 2 aromatic rings. The summed E-state index contributed by atoms with van der Waals surface area (Å²) in [6.45, 7) is 7.17. The second-order valence-electron chi connectivity index (χ2n) is 5.79. The average Bonchev–Trinajstić information content (AvgIpc) is 3.00. The number of piperidine rings is 1. The van der Waals surface area contributed by atoms with E-state index in [0.717, 1.165) is 31.1 Å². The van der Waals surface area contributed by atoms with Gasteiger partial charge in [0.1, 0.15) is 5.76 Å². The number of aromatic nitrogens is 3. The highest BCUT2D eigenvalue weighted by molar-refractivity contribution is 5.21. The second-order valence-corrected chi connectivity index (χ2v) is 5.79. The highest BCUT2D eigenvalue weighted by atomic mass is 16.5. The summed E-state index contributed by atoms with van der Waals surface area (Å²) in [5.74, 6) is 1.49. The molecule has 0 N–H and O–H groups in total. The van der Waals surface area contributed by atoms with Gasteiger partial charge in [-0.25, -0.2) is 0 Å². The number of nitrogens with zero attached hydrogens (tertiary/aromatic N) is 4. The Morgan fingerprint density at radius 1 is 1.40 bits per heavy atom. The van der Waals surface area contributed by atoms with Gasteiger partial charge in [0.15, 0.2) is 0 Å². The molecule has 0 amide bonds. The highest BCUT2D eigenvalue weighted by Gasteiger charge is 2.24. The number of hydrogen-bond donors (Lipinski definition) is 0. The van der Waals surface area contributed by atoms with Gasteiger partial charge in [0.05, 0.1) is 11.4 Å². The lowest BCUT2D eigenvalue weighted by Crippen LogP contribution is -2.34. The van der Waals surface area contributed by atoms with Gasteiger partial charge in [0.25, 0.3) is 0 Å². The van der Waals surface area contributed by atoms with Gasteiger partial charge in [-0.05, 0) is 39.3 Å². The van der Waals surface area contributed by atoms with Gasteiger partial charge in [-0.15, -0.1) is 0 Å². The summed E-state index contributed by atoms with van der Waals surface area (Å²) in [5, 5.41) is 8.60. The zero-order valence-corrected chi connectivity index (χ0v) is 12.5. The van der Waals surface area contributed by atoms with Gasteiger partial charge < -0.3 is 4.52 Å². The van der Waals surface area contributed by atoms with E-state index in [-0.39, 0.29) is 0 Å². The van der Waals surface area contributed by atoms with Crippen molar-refractivity contribution in [2.24, 2.45) is 7.05 Å². The van der Waals surface area contributed by atoms with Crippen molar-refractivity contribution < 1.29 is 4.52 Å². The molecule has 1 saturated heterocycles. The predicted octanol–water partition coefficient (Wildman–Crippen LogP) is 2.40. The van der Waals surface area contributed by atoms with E-state index in [1.54, 1.807) is 0 Å². The smallest absolute Gasteiger partial charge is 0.138 e. The zero-order valence-electron chi connectivity index (χ0n) is 12.5. The largest absolute Gasteiger partial charge is 0.361 e. The third-order valence-electron chi connectivity index (χ3n) is 4.22. The van der Waals surface area contributed by atoms with Gasteiger partial charge in [-0.1, -0.05) is 5.16 Å². The minimum Gasteiger partial charge on any atom is -0.361 e. The van der Waals surface area contributed by atoms with Gasteiger partial charge in [0, 0.05) is 37.8 Å². The fraction of sp³-hybridized carbons (Fsp3) is 0.600. The standard InChI is InChI=1S/C15H22N4O/c1-11-14(12(2)20-17-11)10-19-7-4-5-13(9-19)15-6-8-18(3)16-15/h6,8,13H,4-5,7,9-10H2,1-3H3/t13-/m1/s1. The predicted molar refractivity (Wildman–Crippen MR) is 76.4 cm³/mol. The Labute approximate surface area is 119 Å². The molecule has 3 rings (SSSR count). The van der Waals surface area contributed by atoms with Crippen LogP contribution in [0.2, 0.25) is 0 Å². The Morgan fingerprint density at radius 3 is 2.90 bits per heavy atom. The second kappa shape index (κ2) is 5.40. The van der Waals surface area contributed by atoms with E-state index >= 15 is 0 Å².